The zero-order valence-corrected chi connectivity index (χ0v) is 18.6. The lowest BCUT2D eigenvalue weighted by Crippen LogP contribution is -2.17. The number of hydrogen-bond donors (Lipinski definition) is 1. The van der Waals surface area contributed by atoms with Gasteiger partial charge in [-0.15, -0.1) is 11.3 Å². The molecule has 3 rings (SSSR count). The molecule has 146 valence electrons. The lowest BCUT2D eigenvalue weighted by atomic mass is 9.90. The van der Waals surface area contributed by atoms with Crippen molar-refractivity contribution < 1.29 is 0 Å². The molecule has 0 amide bonds. The van der Waals surface area contributed by atoms with Crippen molar-refractivity contribution in [3.05, 3.63) is 52.0 Å². The molecule has 1 aromatic carbocycles. The number of nitrogens with one attached hydrogen (secondary N) is 1. The zero-order valence-electron chi connectivity index (χ0n) is 17.8. The molecule has 1 aliphatic rings. The molecule has 0 fully saturated rings. The molecule has 1 aromatic heterocycles. The molecule has 0 atom stereocenters. The van der Waals surface area contributed by atoms with Gasteiger partial charge in [-0.3, -0.25) is 0 Å². The summed E-state index contributed by atoms with van der Waals surface area (Å²) in [5, 5.41) is 5.04. The Morgan fingerprint density at radius 2 is 1.78 bits per heavy atom. The van der Waals surface area contributed by atoms with Crippen LogP contribution in [-0.4, -0.2) is 6.54 Å². The second-order valence-corrected chi connectivity index (χ2v) is 10.5. The van der Waals surface area contributed by atoms with E-state index in [0.717, 1.165) is 18.7 Å². The summed E-state index contributed by atoms with van der Waals surface area (Å²) < 4.78 is 0. The van der Waals surface area contributed by atoms with E-state index in [0.29, 0.717) is 0 Å². The van der Waals surface area contributed by atoms with Gasteiger partial charge in [0.05, 0.1) is 5.00 Å². The van der Waals surface area contributed by atoms with Gasteiger partial charge in [0, 0.05) is 28.5 Å². The minimum atomic E-state index is 0.241. The highest BCUT2D eigenvalue weighted by molar-refractivity contribution is 7.16. The molecule has 1 aliphatic heterocycles. The Bertz CT molecular complexity index is 816. The number of thiophene rings is 1. The highest BCUT2D eigenvalue weighted by Crippen LogP contribution is 2.40. The van der Waals surface area contributed by atoms with Gasteiger partial charge < -0.3 is 10.2 Å². The molecule has 0 saturated carbocycles. The molecule has 3 heteroatoms. The quantitative estimate of drug-likeness (QED) is 0.588. The Hall–Kier alpha value is -1.74. The van der Waals surface area contributed by atoms with E-state index in [1.165, 1.54) is 57.2 Å². The van der Waals surface area contributed by atoms with Gasteiger partial charge in [-0.2, -0.15) is 0 Å². The fraction of sp³-hybridized carbons (Fsp3) is 0.500. The number of anilines is 3. The van der Waals surface area contributed by atoms with Crippen molar-refractivity contribution in [2.45, 2.75) is 67.2 Å². The standard InChI is InChI=1S/C24H34N2S/c1-16-12-21(13-17(2)22(16)25-18(3)15-24(5,6)7)26-11-9-8-10-20-14-19(4)27-23(20)26/h12-14,25H,3,8-11,15H2,1-2,4-7H3. The summed E-state index contributed by atoms with van der Waals surface area (Å²) in [5.41, 5.74) is 7.97. The van der Waals surface area contributed by atoms with Gasteiger partial charge in [0.25, 0.3) is 0 Å². The minimum Gasteiger partial charge on any atom is -0.359 e. The van der Waals surface area contributed by atoms with E-state index in [9.17, 15) is 0 Å². The van der Waals surface area contributed by atoms with Gasteiger partial charge in [0.15, 0.2) is 0 Å². The summed E-state index contributed by atoms with van der Waals surface area (Å²) in [6.07, 6.45) is 4.71. The van der Waals surface area contributed by atoms with Gasteiger partial charge in [-0.05, 0) is 86.8 Å². The number of nitrogens with zero attached hydrogens (tertiary/aromatic N) is 1. The molecule has 0 spiro atoms. The molecule has 2 aromatic rings. The first-order valence-corrected chi connectivity index (χ1v) is 10.9. The molecule has 0 radical (unpaired) electrons. The highest BCUT2D eigenvalue weighted by Gasteiger charge is 2.21. The van der Waals surface area contributed by atoms with Crippen LogP contribution < -0.4 is 10.2 Å². The third kappa shape index (κ3) is 4.76. The van der Waals surface area contributed by atoms with E-state index in [2.05, 4.69) is 76.5 Å². The Balaban J connectivity index is 1.90. The third-order valence-corrected chi connectivity index (χ3v) is 6.22. The molecular weight excluding hydrogens is 348 g/mol. The first kappa shape index (κ1) is 20.0. The maximum absolute atomic E-state index is 4.25. The fourth-order valence-corrected chi connectivity index (χ4v) is 5.16. The molecule has 2 heterocycles. The molecule has 1 N–H and O–H groups in total. The Morgan fingerprint density at radius 3 is 2.41 bits per heavy atom. The van der Waals surface area contributed by atoms with Crippen LogP contribution in [0.3, 0.4) is 0 Å². The molecule has 0 unspecified atom stereocenters. The number of fused-ring (bicyclic) bond motifs is 1. The van der Waals surface area contributed by atoms with E-state index in [-0.39, 0.29) is 5.41 Å². The lowest BCUT2D eigenvalue weighted by Gasteiger charge is -2.26. The van der Waals surface area contributed by atoms with Crippen LogP contribution in [0, 0.1) is 26.2 Å². The molecule has 0 bridgehead atoms. The van der Waals surface area contributed by atoms with E-state index < -0.39 is 0 Å². The van der Waals surface area contributed by atoms with Crippen molar-refractivity contribution in [3.63, 3.8) is 0 Å². The SMILES string of the molecule is C=C(CC(C)(C)C)Nc1c(C)cc(N2CCCCc3cc(C)sc32)cc1C. The van der Waals surface area contributed by atoms with Crippen molar-refractivity contribution >= 4 is 27.7 Å². The smallest absolute Gasteiger partial charge is 0.0988 e. The number of hydrogen-bond acceptors (Lipinski definition) is 3. The third-order valence-electron chi connectivity index (χ3n) is 5.11. The van der Waals surface area contributed by atoms with Crippen molar-refractivity contribution in [1.82, 2.24) is 0 Å². The maximum Gasteiger partial charge on any atom is 0.0988 e. The summed E-state index contributed by atoms with van der Waals surface area (Å²) in [4.78, 5) is 3.95. The topological polar surface area (TPSA) is 15.3 Å². The van der Waals surface area contributed by atoms with Crippen LogP contribution in [0.5, 0.6) is 0 Å². The maximum atomic E-state index is 4.25. The summed E-state index contributed by atoms with van der Waals surface area (Å²) in [6, 6.07) is 7.05. The molecule has 27 heavy (non-hydrogen) atoms. The molecule has 0 aliphatic carbocycles. The van der Waals surface area contributed by atoms with Gasteiger partial charge in [-0.1, -0.05) is 27.4 Å². The Kier molecular flexibility index (Phi) is 5.71. The average Bonchev–Trinajstić information content (AvgIpc) is 2.78. The summed E-state index contributed by atoms with van der Waals surface area (Å²) in [7, 11) is 0. The minimum absolute atomic E-state index is 0.241. The van der Waals surface area contributed by atoms with Crippen LogP contribution in [-0.2, 0) is 6.42 Å². The van der Waals surface area contributed by atoms with E-state index in [4.69, 9.17) is 0 Å². The monoisotopic (exact) mass is 382 g/mol. The van der Waals surface area contributed by atoms with Gasteiger partial charge in [-0.25, -0.2) is 0 Å². The largest absolute Gasteiger partial charge is 0.359 e. The lowest BCUT2D eigenvalue weighted by molar-refractivity contribution is 0.411. The number of rotatable bonds is 4. The average molecular weight is 383 g/mol. The zero-order chi connectivity index (χ0) is 19.8. The van der Waals surface area contributed by atoms with Gasteiger partial charge in [0.2, 0.25) is 0 Å². The first-order valence-electron chi connectivity index (χ1n) is 10.1. The Morgan fingerprint density at radius 1 is 1.11 bits per heavy atom. The van der Waals surface area contributed by atoms with Crippen molar-refractivity contribution in [3.8, 4) is 0 Å². The Labute approximate surface area is 169 Å². The van der Waals surface area contributed by atoms with E-state index >= 15 is 0 Å². The first-order chi connectivity index (χ1) is 12.6. The number of allylic oxidation sites excluding steroid dienone is 1. The van der Waals surface area contributed by atoms with Crippen LogP contribution in [0.2, 0.25) is 0 Å². The normalized spacial score (nSPS) is 14.7. The van der Waals surface area contributed by atoms with Gasteiger partial charge >= 0.3 is 0 Å². The van der Waals surface area contributed by atoms with Crippen molar-refractivity contribution in [2.75, 3.05) is 16.8 Å². The van der Waals surface area contributed by atoms with Crippen molar-refractivity contribution in [1.29, 1.82) is 0 Å². The van der Waals surface area contributed by atoms with Crippen LogP contribution in [0.4, 0.5) is 16.4 Å². The summed E-state index contributed by atoms with van der Waals surface area (Å²) >= 11 is 1.94. The van der Waals surface area contributed by atoms with Crippen LogP contribution in [0.25, 0.3) is 0 Å². The van der Waals surface area contributed by atoms with Crippen LogP contribution in [0.15, 0.2) is 30.5 Å². The predicted octanol–water partition coefficient (Wildman–Crippen LogP) is 7.51. The summed E-state index contributed by atoms with van der Waals surface area (Å²) in [6.45, 7) is 18.8. The summed E-state index contributed by atoms with van der Waals surface area (Å²) in [5.74, 6) is 0. The van der Waals surface area contributed by atoms with E-state index in [1.54, 1.807) is 0 Å². The fourth-order valence-electron chi connectivity index (χ4n) is 4.05. The number of benzene rings is 1. The van der Waals surface area contributed by atoms with Crippen LogP contribution in [0.1, 0.15) is 61.6 Å². The van der Waals surface area contributed by atoms with Crippen LogP contribution >= 0.6 is 11.3 Å². The predicted molar refractivity (Wildman–Crippen MR) is 122 cm³/mol. The van der Waals surface area contributed by atoms with E-state index in [1.807, 2.05) is 11.3 Å². The second kappa shape index (κ2) is 7.71. The molecular formula is C24H34N2S. The van der Waals surface area contributed by atoms with Crippen molar-refractivity contribution in [2.24, 2.45) is 5.41 Å². The molecule has 2 nitrogen and oxygen atoms in total. The van der Waals surface area contributed by atoms with Gasteiger partial charge in [0.1, 0.15) is 0 Å². The molecule has 0 saturated heterocycles. The highest BCUT2D eigenvalue weighted by atomic mass is 32.1. The second-order valence-electron chi connectivity index (χ2n) is 9.22. The number of aryl methyl sites for hydroxylation is 4.